The van der Waals surface area contributed by atoms with E-state index in [1.165, 1.54) is 12.1 Å². The fraction of sp³-hybridized carbons (Fsp3) is 0.222. The number of rotatable bonds is 1. The molecule has 1 rings (SSSR count). The van der Waals surface area contributed by atoms with Crippen LogP contribution in [0.1, 0.15) is 24.2 Å². The lowest BCUT2D eigenvalue weighted by Gasteiger charge is -1.97. The molecule has 0 saturated carbocycles. The van der Waals surface area contributed by atoms with Crippen LogP contribution in [0.2, 0.25) is 0 Å². The maximum Gasteiger partial charge on any atom is 0.335 e. The average molecular weight is 294 g/mol. The lowest BCUT2D eigenvalue weighted by Crippen LogP contribution is -1.95. The number of aromatic carboxylic acids is 1. The van der Waals surface area contributed by atoms with Crippen LogP contribution in [-0.2, 0) is 0 Å². The number of hydrogen-bond donors (Lipinski definition) is 2. The highest BCUT2D eigenvalue weighted by Crippen LogP contribution is 2.20. The van der Waals surface area contributed by atoms with Gasteiger partial charge in [0.2, 0.25) is 0 Å². The number of aromatic hydroxyl groups is 1. The quantitative estimate of drug-likeness (QED) is 0.783. The van der Waals surface area contributed by atoms with E-state index in [4.69, 9.17) is 10.2 Å². The number of halogens is 1. The van der Waals surface area contributed by atoms with Crippen molar-refractivity contribution in [2.45, 2.75) is 13.8 Å². The van der Waals surface area contributed by atoms with Crippen LogP contribution in [0, 0.1) is 3.57 Å². The largest absolute Gasteiger partial charge is 0.507 e. The summed E-state index contributed by atoms with van der Waals surface area (Å²) in [5.74, 6) is -1.03. The van der Waals surface area contributed by atoms with Crippen LogP contribution in [0.3, 0.4) is 0 Å². The first-order valence-corrected chi connectivity index (χ1v) is 4.91. The zero-order valence-corrected chi connectivity index (χ0v) is 9.57. The molecule has 1 aromatic carbocycles. The smallest absolute Gasteiger partial charge is 0.335 e. The third-order valence-electron chi connectivity index (χ3n) is 1.19. The van der Waals surface area contributed by atoms with Gasteiger partial charge in [-0.25, -0.2) is 4.79 Å². The normalized spacial score (nSPS) is 8.54. The van der Waals surface area contributed by atoms with Gasteiger partial charge in [-0.15, -0.1) is 0 Å². The molecule has 0 bridgehead atoms. The Morgan fingerprint density at radius 2 is 1.92 bits per heavy atom. The number of phenolic OH excluding ortho intramolecular Hbond substituents is 1. The molecule has 4 heteroatoms. The number of hydrogen-bond acceptors (Lipinski definition) is 2. The predicted octanol–water partition coefficient (Wildman–Crippen LogP) is 2.72. The van der Waals surface area contributed by atoms with Gasteiger partial charge in [0.05, 0.1) is 9.13 Å². The molecule has 0 aliphatic heterocycles. The Morgan fingerprint density at radius 1 is 1.38 bits per heavy atom. The van der Waals surface area contributed by atoms with E-state index >= 15 is 0 Å². The van der Waals surface area contributed by atoms with E-state index in [0.717, 1.165) is 0 Å². The van der Waals surface area contributed by atoms with Crippen LogP contribution in [-0.4, -0.2) is 16.2 Å². The van der Waals surface area contributed by atoms with Gasteiger partial charge < -0.3 is 10.2 Å². The van der Waals surface area contributed by atoms with Crippen molar-refractivity contribution in [1.29, 1.82) is 0 Å². The minimum atomic E-state index is -1.03. The molecule has 13 heavy (non-hydrogen) atoms. The molecule has 0 atom stereocenters. The third kappa shape index (κ3) is 3.63. The van der Waals surface area contributed by atoms with Crippen molar-refractivity contribution in [3.63, 3.8) is 0 Å². The summed E-state index contributed by atoms with van der Waals surface area (Å²) in [6.07, 6.45) is 0. The van der Waals surface area contributed by atoms with Crippen molar-refractivity contribution in [1.82, 2.24) is 0 Å². The number of carbonyl (C=O) groups is 1. The average Bonchev–Trinajstić information content (AvgIpc) is 2.13. The number of phenols is 1. The van der Waals surface area contributed by atoms with Gasteiger partial charge in [-0.3, -0.25) is 0 Å². The van der Waals surface area contributed by atoms with Crippen molar-refractivity contribution in [2.75, 3.05) is 0 Å². The van der Waals surface area contributed by atoms with Crippen molar-refractivity contribution in [3.05, 3.63) is 27.3 Å². The van der Waals surface area contributed by atoms with E-state index < -0.39 is 5.97 Å². The SMILES string of the molecule is CC.O=C(O)c1ccc(I)c(O)c1. The highest BCUT2D eigenvalue weighted by molar-refractivity contribution is 14.1. The van der Waals surface area contributed by atoms with E-state index in [9.17, 15) is 4.79 Å². The molecule has 2 N–H and O–H groups in total. The minimum absolute atomic E-state index is 0.00509. The number of benzene rings is 1. The van der Waals surface area contributed by atoms with Crippen molar-refractivity contribution >= 4 is 28.6 Å². The molecule has 0 spiro atoms. The summed E-state index contributed by atoms with van der Waals surface area (Å²) in [7, 11) is 0. The summed E-state index contributed by atoms with van der Waals surface area (Å²) in [6.45, 7) is 4.00. The summed E-state index contributed by atoms with van der Waals surface area (Å²) in [5.41, 5.74) is 0.0999. The Kier molecular flexibility index (Phi) is 5.45. The fourth-order valence-corrected chi connectivity index (χ4v) is 0.981. The van der Waals surface area contributed by atoms with Gasteiger partial charge >= 0.3 is 5.97 Å². The van der Waals surface area contributed by atoms with Gasteiger partial charge in [-0.05, 0) is 40.8 Å². The molecule has 0 radical (unpaired) electrons. The molecule has 72 valence electrons. The van der Waals surface area contributed by atoms with Gasteiger partial charge in [0.1, 0.15) is 5.75 Å². The zero-order chi connectivity index (χ0) is 10.4. The molecule has 0 aromatic heterocycles. The lowest BCUT2D eigenvalue weighted by atomic mass is 10.2. The molecule has 0 amide bonds. The van der Waals surface area contributed by atoms with Crippen LogP contribution in [0.4, 0.5) is 0 Å². The van der Waals surface area contributed by atoms with Gasteiger partial charge in [-0.2, -0.15) is 0 Å². The molecular formula is C9H11IO3. The highest BCUT2D eigenvalue weighted by atomic mass is 127. The third-order valence-corrected chi connectivity index (χ3v) is 2.11. The van der Waals surface area contributed by atoms with E-state index in [2.05, 4.69) is 0 Å². The van der Waals surface area contributed by atoms with E-state index in [-0.39, 0.29) is 11.3 Å². The van der Waals surface area contributed by atoms with Gasteiger partial charge in [0.25, 0.3) is 0 Å². The predicted molar refractivity (Wildman–Crippen MR) is 59.1 cm³/mol. The fourth-order valence-electron chi connectivity index (χ4n) is 0.646. The Labute approximate surface area is 90.5 Å². The van der Waals surface area contributed by atoms with E-state index in [1.54, 1.807) is 6.07 Å². The van der Waals surface area contributed by atoms with Crippen molar-refractivity contribution in [2.24, 2.45) is 0 Å². The Hall–Kier alpha value is -0.780. The minimum Gasteiger partial charge on any atom is -0.507 e. The second-order valence-electron chi connectivity index (χ2n) is 1.97. The molecule has 0 fully saturated rings. The van der Waals surface area contributed by atoms with Gasteiger partial charge in [0, 0.05) is 0 Å². The lowest BCUT2D eigenvalue weighted by molar-refractivity contribution is 0.0696. The van der Waals surface area contributed by atoms with E-state index in [1.807, 2.05) is 36.4 Å². The molecule has 0 unspecified atom stereocenters. The number of carboxylic acids is 1. The molecule has 3 nitrogen and oxygen atoms in total. The second-order valence-corrected chi connectivity index (χ2v) is 3.13. The molecule has 1 aromatic rings. The topological polar surface area (TPSA) is 57.5 Å². The summed E-state index contributed by atoms with van der Waals surface area (Å²) >= 11 is 1.92. The summed E-state index contributed by atoms with van der Waals surface area (Å²) < 4.78 is 0.646. The Balaban J connectivity index is 0.000000671. The summed E-state index contributed by atoms with van der Waals surface area (Å²) in [4.78, 5) is 10.4. The van der Waals surface area contributed by atoms with E-state index in [0.29, 0.717) is 3.57 Å². The van der Waals surface area contributed by atoms with Crippen molar-refractivity contribution < 1.29 is 15.0 Å². The van der Waals surface area contributed by atoms with Gasteiger partial charge in [-0.1, -0.05) is 13.8 Å². The maximum atomic E-state index is 10.4. The monoisotopic (exact) mass is 294 g/mol. The summed E-state index contributed by atoms with van der Waals surface area (Å²) in [5, 5.41) is 17.6. The van der Waals surface area contributed by atoms with Crippen LogP contribution in [0.25, 0.3) is 0 Å². The zero-order valence-electron chi connectivity index (χ0n) is 7.41. The first kappa shape index (κ1) is 12.2. The van der Waals surface area contributed by atoms with Crippen LogP contribution >= 0.6 is 22.6 Å². The van der Waals surface area contributed by atoms with Crippen LogP contribution < -0.4 is 0 Å². The molecule has 0 aliphatic carbocycles. The number of carboxylic acid groups (broad SMARTS) is 1. The second kappa shape index (κ2) is 5.80. The first-order chi connectivity index (χ1) is 6.11. The summed E-state index contributed by atoms with van der Waals surface area (Å²) in [6, 6.07) is 4.23. The van der Waals surface area contributed by atoms with Gasteiger partial charge in [0.15, 0.2) is 0 Å². The van der Waals surface area contributed by atoms with Crippen molar-refractivity contribution in [3.8, 4) is 5.75 Å². The first-order valence-electron chi connectivity index (χ1n) is 3.83. The molecular weight excluding hydrogens is 283 g/mol. The standard InChI is InChI=1S/C7H5IO3.C2H6/c8-5-2-1-4(7(10)11)3-6(5)9;1-2/h1-3,9H,(H,10,11);1-2H3. The maximum absolute atomic E-state index is 10.4. The van der Waals surface area contributed by atoms with Crippen LogP contribution in [0.15, 0.2) is 18.2 Å². The molecule has 0 saturated heterocycles. The molecule has 0 heterocycles. The Bertz CT molecular complexity index is 297. The highest BCUT2D eigenvalue weighted by Gasteiger charge is 2.04. The molecule has 0 aliphatic rings. The van der Waals surface area contributed by atoms with Crippen LogP contribution in [0.5, 0.6) is 5.75 Å². The Morgan fingerprint density at radius 3 is 2.31 bits per heavy atom.